The molecule has 1 rings (SSSR count). The van der Waals surface area contributed by atoms with E-state index in [1.165, 1.54) is 25.1 Å². The van der Waals surface area contributed by atoms with E-state index in [1.807, 2.05) is 0 Å². The summed E-state index contributed by atoms with van der Waals surface area (Å²) < 4.78 is 13.3. The van der Waals surface area contributed by atoms with E-state index in [0.717, 1.165) is 0 Å². The highest BCUT2D eigenvalue weighted by Gasteiger charge is 2.07. The number of anilines is 2. The Bertz CT molecular complexity index is 437. The number of carbonyl (C=O) groups is 2. The molecule has 0 saturated heterocycles. The summed E-state index contributed by atoms with van der Waals surface area (Å²) in [6.45, 7) is 1.28. The molecule has 0 radical (unpaired) electrons. The second-order valence-corrected chi connectivity index (χ2v) is 3.74. The summed E-state index contributed by atoms with van der Waals surface area (Å²) in [6, 6.07) is 3.93. The molecule has 0 fully saturated rings. The first-order valence-corrected chi connectivity index (χ1v) is 5.49. The molecule has 1 aromatic rings. The molecule has 0 atom stereocenters. The van der Waals surface area contributed by atoms with Gasteiger partial charge in [0.1, 0.15) is 5.82 Å². The van der Waals surface area contributed by atoms with E-state index in [-0.39, 0.29) is 29.8 Å². The lowest BCUT2D eigenvalue weighted by Gasteiger charge is -2.08. The van der Waals surface area contributed by atoms with E-state index in [0.29, 0.717) is 5.69 Å². The number of amides is 2. The molecule has 0 unspecified atom stereocenters. The zero-order chi connectivity index (χ0) is 12.8. The fourth-order valence-corrected chi connectivity index (χ4v) is 1.37. The number of alkyl halides is 1. The van der Waals surface area contributed by atoms with Crippen molar-refractivity contribution in [3.63, 3.8) is 0 Å². The molecule has 0 aliphatic carbocycles. The first-order chi connectivity index (χ1) is 8.02. The van der Waals surface area contributed by atoms with Crippen molar-refractivity contribution >= 4 is 34.8 Å². The van der Waals surface area contributed by atoms with Gasteiger partial charge in [0.2, 0.25) is 11.8 Å². The summed E-state index contributed by atoms with van der Waals surface area (Å²) in [5.41, 5.74) is 0.437. The Hall–Kier alpha value is -1.62. The Kier molecular flexibility index (Phi) is 4.90. The van der Waals surface area contributed by atoms with Gasteiger partial charge in [-0.3, -0.25) is 9.59 Å². The van der Waals surface area contributed by atoms with Crippen LogP contribution in [0.25, 0.3) is 0 Å². The summed E-state index contributed by atoms with van der Waals surface area (Å²) in [7, 11) is 0. The third-order valence-corrected chi connectivity index (χ3v) is 2.07. The molecular formula is C11H12ClFN2O2. The lowest BCUT2D eigenvalue weighted by atomic mass is 10.2. The normalized spacial score (nSPS) is 9.82. The lowest BCUT2D eigenvalue weighted by molar-refractivity contribution is -0.116. The monoisotopic (exact) mass is 258 g/mol. The van der Waals surface area contributed by atoms with E-state index in [4.69, 9.17) is 11.6 Å². The van der Waals surface area contributed by atoms with Gasteiger partial charge < -0.3 is 10.6 Å². The van der Waals surface area contributed by atoms with Crippen molar-refractivity contribution in [2.24, 2.45) is 0 Å². The SMILES string of the molecule is CC(=O)Nc1cc(NC(=O)CCCl)ccc1F. The number of halogens is 2. The number of benzene rings is 1. The topological polar surface area (TPSA) is 58.2 Å². The number of carbonyl (C=O) groups excluding carboxylic acids is 2. The van der Waals surface area contributed by atoms with Crippen LogP contribution < -0.4 is 10.6 Å². The van der Waals surface area contributed by atoms with Gasteiger partial charge in [0.25, 0.3) is 0 Å². The Morgan fingerprint density at radius 2 is 2.06 bits per heavy atom. The fourth-order valence-electron chi connectivity index (χ4n) is 1.20. The summed E-state index contributed by atoms with van der Waals surface area (Å²) in [5.74, 6) is -0.991. The molecule has 4 nitrogen and oxygen atoms in total. The highest BCUT2D eigenvalue weighted by molar-refractivity contribution is 6.19. The van der Waals surface area contributed by atoms with Crippen LogP contribution in [-0.4, -0.2) is 17.7 Å². The molecule has 92 valence electrons. The third-order valence-electron chi connectivity index (χ3n) is 1.88. The Morgan fingerprint density at radius 1 is 1.35 bits per heavy atom. The first-order valence-electron chi connectivity index (χ1n) is 4.96. The van der Waals surface area contributed by atoms with Crippen molar-refractivity contribution in [3.05, 3.63) is 24.0 Å². The zero-order valence-electron chi connectivity index (χ0n) is 9.22. The summed E-state index contributed by atoms with van der Waals surface area (Å²) in [4.78, 5) is 22.1. The van der Waals surface area contributed by atoms with Crippen molar-refractivity contribution < 1.29 is 14.0 Å². The van der Waals surface area contributed by atoms with E-state index < -0.39 is 5.82 Å². The molecule has 0 aromatic heterocycles. The van der Waals surface area contributed by atoms with Crippen LogP contribution in [0.2, 0.25) is 0 Å². The molecule has 6 heteroatoms. The van der Waals surface area contributed by atoms with Gasteiger partial charge in [-0.05, 0) is 18.2 Å². The van der Waals surface area contributed by atoms with Gasteiger partial charge in [0, 0.05) is 24.9 Å². The molecular weight excluding hydrogens is 247 g/mol. The van der Waals surface area contributed by atoms with Crippen molar-refractivity contribution in [1.29, 1.82) is 0 Å². The maximum atomic E-state index is 13.3. The largest absolute Gasteiger partial charge is 0.326 e. The first kappa shape index (κ1) is 13.4. The standard InChI is InChI=1S/C11H12ClFN2O2/c1-7(16)14-10-6-8(2-3-9(10)13)15-11(17)4-5-12/h2-3,6H,4-5H2,1H3,(H,14,16)(H,15,17). The lowest BCUT2D eigenvalue weighted by Crippen LogP contribution is -2.13. The molecule has 0 spiro atoms. The minimum Gasteiger partial charge on any atom is -0.326 e. The van der Waals surface area contributed by atoms with Crippen molar-refractivity contribution in [2.45, 2.75) is 13.3 Å². The number of hydrogen-bond acceptors (Lipinski definition) is 2. The number of nitrogens with one attached hydrogen (secondary N) is 2. The molecule has 17 heavy (non-hydrogen) atoms. The molecule has 0 heterocycles. The molecule has 2 N–H and O–H groups in total. The highest BCUT2D eigenvalue weighted by Crippen LogP contribution is 2.19. The van der Waals surface area contributed by atoms with Gasteiger partial charge >= 0.3 is 0 Å². The van der Waals surface area contributed by atoms with Crippen LogP contribution in [0.1, 0.15) is 13.3 Å². The minimum absolute atomic E-state index is 0.0289. The maximum absolute atomic E-state index is 13.3. The molecule has 1 aromatic carbocycles. The predicted molar refractivity (Wildman–Crippen MR) is 64.7 cm³/mol. The second-order valence-electron chi connectivity index (χ2n) is 3.36. The second kappa shape index (κ2) is 6.20. The molecule has 0 aliphatic rings. The van der Waals surface area contributed by atoms with Gasteiger partial charge in [-0.1, -0.05) is 0 Å². The average molecular weight is 259 g/mol. The van der Waals surface area contributed by atoms with E-state index >= 15 is 0 Å². The van der Waals surface area contributed by atoms with Crippen LogP contribution in [0.4, 0.5) is 15.8 Å². The Labute approximate surface area is 103 Å². The Balaban J connectivity index is 2.81. The van der Waals surface area contributed by atoms with E-state index in [9.17, 15) is 14.0 Å². The van der Waals surface area contributed by atoms with E-state index in [2.05, 4.69) is 10.6 Å². The average Bonchev–Trinajstić information content (AvgIpc) is 2.22. The van der Waals surface area contributed by atoms with Crippen LogP contribution in [0.15, 0.2) is 18.2 Å². The predicted octanol–water partition coefficient (Wildman–Crippen LogP) is 2.35. The molecule has 0 aliphatic heterocycles. The van der Waals surface area contributed by atoms with Crippen molar-refractivity contribution in [3.8, 4) is 0 Å². The number of hydrogen-bond donors (Lipinski definition) is 2. The zero-order valence-corrected chi connectivity index (χ0v) is 9.97. The maximum Gasteiger partial charge on any atom is 0.225 e. The molecule has 0 saturated carbocycles. The van der Waals surface area contributed by atoms with Gasteiger partial charge in [0.15, 0.2) is 0 Å². The fraction of sp³-hybridized carbons (Fsp3) is 0.273. The third kappa shape index (κ3) is 4.40. The van der Waals surface area contributed by atoms with Crippen molar-refractivity contribution in [1.82, 2.24) is 0 Å². The van der Waals surface area contributed by atoms with Crippen LogP contribution >= 0.6 is 11.6 Å². The van der Waals surface area contributed by atoms with Gasteiger partial charge in [-0.25, -0.2) is 4.39 Å². The molecule has 2 amide bonds. The minimum atomic E-state index is -0.560. The van der Waals surface area contributed by atoms with Crippen LogP contribution in [0.5, 0.6) is 0 Å². The number of rotatable bonds is 4. The summed E-state index contributed by atoms with van der Waals surface area (Å²) in [5, 5.41) is 4.87. The summed E-state index contributed by atoms with van der Waals surface area (Å²) >= 11 is 5.41. The van der Waals surface area contributed by atoms with Crippen LogP contribution in [0.3, 0.4) is 0 Å². The highest BCUT2D eigenvalue weighted by atomic mass is 35.5. The van der Waals surface area contributed by atoms with Gasteiger partial charge in [0.05, 0.1) is 5.69 Å². The van der Waals surface area contributed by atoms with Crippen LogP contribution in [-0.2, 0) is 9.59 Å². The van der Waals surface area contributed by atoms with Crippen LogP contribution in [0, 0.1) is 5.82 Å². The summed E-state index contributed by atoms with van der Waals surface area (Å²) in [6.07, 6.45) is 0.175. The van der Waals surface area contributed by atoms with Gasteiger partial charge in [-0.15, -0.1) is 11.6 Å². The quantitative estimate of drug-likeness (QED) is 0.815. The van der Waals surface area contributed by atoms with Crippen molar-refractivity contribution in [2.75, 3.05) is 16.5 Å². The van der Waals surface area contributed by atoms with Gasteiger partial charge in [-0.2, -0.15) is 0 Å². The smallest absolute Gasteiger partial charge is 0.225 e. The Morgan fingerprint density at radius 3 is 2.65 bits per heavy atom. The molecule has 0 bridgehead atoms. The van der Waals surface area contributed by atoms with E-state index in [1.54, 1.807) is 0 Å².